The maximum absolute atomic E-state index is 9.55. The predicted octanol–water partition coefficient (Wildman–Crippen LogP) is -1.41. The molecule has 0 aliphatic heterocycles. The first-order valence-corrected chi connectivity index (χ1v) is 2.87. The molecule has 0 aromatic carbocycles. The molecule has 6 heteroatoms. The van der Waals surface area contributed by atoms with E-state index in [4.69, 9.17) is 0 Å². The van der Waals surface area contributed by atoms with Crippen LogP contribution in [0.2, 0.25) is 0 Å². The van der Waals surface area contributed by atoms with Crippen molar-refractivity contribution >= 4 is 24.7 Å². The summed E-state index contributed by atoms with van der Waals surface area (Å²) < 4.78 is 9.55. The van der Waals surface area contributed by atoms with Gasteiger partial charge in [-0.25, -0.2) is 0 Å². The van der Waals surface area contributed by atoms with Gasteiger partial charge in [0.25, 0.3) is 7.59 Å². The molecular formula is H6N3OPSe. The third-order valence-electron chi connectivity index (χ3n) is 0. The summed E-state index contributed by atoms with van der Waals surface area (Å²) in [6.07, 6.45) is 0. The van der Waals surface area contributed by atoms with E-state index in [0.717, 1.165) is 0 Å². The molecule has 0 bridgehead atoms. The van der Waals surface area contributed by atoms with Crippen LogP contribution in [-0.4, -0.2) is 17.1 Å². The first kappa shape index (κ1) is 9.80. The minimum absolute atomic E-state index is 0. The van der Waals surface area contributed by atoms with Crippen molar-refractivity contribution in [1.29, 1.82) is 0 Å². The second-order valence-electron chi connectivity index (χ2n) is 0.763. The van der Waals surface area contributed by atoms with Crippen LogP contribution in [0.15, 0.2) is 0 Å². The van der Waals surface area contributed by atoms with E-state index < -0.39 is 7.59 Å². The monoisotopic (exact) mass is 175 g/mol. The fourth-order valence-electron chi connectivity index (χ4n) is 0. The molecule has 6 N–H and O–H groups in total. The van der Waals surface area contributed by atoms with E-state index >= 15 is 0 Å². The Kier molecular flexibility index (Phi) is 4.49. The van der Waals surface area contributed by atoms with Crippen molar-refractivity contribution in [3.8, 4) is 0 Å². The molecule has 0 fully saturated rings. The van der Waals surface area contributed by atoms with Crippen LogP contribution in [0.5, 0.6) is 0 Å². The van der Waals surface area contributed by atoms with Gasteiger partial charge in [-0.1, -0.05) is 0 Å². The molecule has 0 aromatic heterocycles. The van der Waals surface area contributed by atoms with Crippen molar-refractivity contribution in [3.63, 3.8) is 0 Å². The van der Waals surface area contributed by atoms with Crippen molar-refractivity contribution in [2.24, 2.45) is 16.5 Å². The van der Waals surface area contributed by atoms with Crippen molar-refractivity contribution in [1.82, 2.24) is 0 Å². The SMILES string of the molecule is NP(N)(N)=O.[Se]. The molecule has 0 aromatic rings. The molecule has 0 heterocycles. The molecule has 0 unspecified atom stereocenters. The van der Waals surface area contributed by atoms with Gasteiger partial charge in [0.2, 0.25) is 0 Å². The Hall–Kier alpha value is 0.629. The molecule has 0 saturated heterocycles. The standard InChI is InChI=1S/H6N3OP.Se/c1-5(2,3)4;/h(H6,1,2,3,4);. The normalized spacial score (nSPS) is 9.83. The summed E-state index contributed by atoms with van der Waals surface area (Å²) in [6, 6.07) is 0. The molecule has 6 heavy (non-hydrogen) atoms. The summed E-state index contributed by atoms with van der Waals surface area (Å²) in [5.41, 5.74) is 13.4. The summed E-state index contributed by atoms with van der Waals surface area (Å²) in [6.45, 7) is 0. The van der Waals surface area contributed by atoms with Crippen LogP contribution >= 0.6 is 7.59 Å². The summed E-state index contributed by atoms with van der Waals surface area (Å²) in [5, 5.41) is 0. The number of rotatable bonds is 0. The third kappa shape index (κ3) is 154. The quantitative estimate of drug-likeness (QED) is 0.310. The molecular weight excluding hydrogens is 168 g/mol. The fraction of sp³-hybridized carbons (Fsp3) is 0. The summed E-state index contributed by atoms with van der Waals surface area (Å²) in [4.78, 5) is 0. The van der Waals surface area contributed by atoms with Crippen LogP contribution in [0, 0.1) is 0 Å². The largest absolute Gasteiger partial charge is 0.272 e. The summed E-state index contributed by atoms with van der Waals surface area (Å²) >= 11 is 0. The average molecular weight is 174 g/mol. The average Bonchev–Trinajstić information content (AvgIpc) is 0.722. The van der Waals surface area contributed by atoms with Gasteiger partial charge in [-0.3, -0.25) is 21.1 Å². The molecule has 2 radical (unpaired) electrons. The Morgan fingerprint density at radius 3 is 1.17 bits per heavy atom. The minimum Gasteiger partial charge on any atom is -0.272 e. The molecule has 0 aliphatic carbocycles. The van der Waals surface area contributed by atoms with Gasteiger partial charge >= 0.3 is 0 Å². The van der Waals surface area contributed by atoms with Gasteiger partial charge in [-0.2, -0.15) is 0 Å². The Morgan fingerprint density at radius 1 is 1.17 bits per heavy atom. The molecule has 0 spiro atoms. The van der Waals surface area contributed by atoms with Gasteiger partial charge in [0, 0.05) is 17.1 Å². The van der Waals surface area contributed by atoms with Gasteiger partial charge in [-0.15, -0.1) is 0 Å². The minimum atomic E-state index is -3.14. The molecule has 4 nitrogen and oxygen atoms in total. The van der Waals surface area contributed by atoms with E-state index in [0.29, 0.717) is 0 Å². The molecule has 0 amide bonds. The second kappa shape index (κ2) is 2.75. The van der Waals surface area contributed by atoms with E-state index in [1.54, 1.807) is 0 Å². The van der Waals surface area contributed by atoms with Crippen LogP contribution < -0.4 is 16.5 Å². The maximum Gasteiger partial charge on any atom is 0.271 e. The van der Waals surface area contributed by atoms with Crippen molar-refractivity contribution in [3.05, 3.63) is 0 Å². The van der Waals surface area contributed by atoms with Crippen molar-refractivity contribution in [2.45, 2.75) is 0 Å². The number of hydrogen-bond acceptors (Lipinski definition) is 1. The Labute approximate surface area is 46.4 Å². The predicted molar refractivity (Wildman–Crippen MR) is 25.9 cm³/mol. The fourth-order valence-corrected chi connectivity index (χ4v) is 0. The zero-order valence-corrected chi connectivity index (χ0v) is 5.60. The first-order chi connectivity index (χ1) is 2.00. The number of nitrogens with two attached hydrogens (primary N) is 3. The molecule has 38 valence electrons. The maximum atomic E-state index is 9.55. The molecule has 0 rings (SSSR count). The van der Waals surface area contributed by atoms with Crippen molar-refractivity contribution in [2.75, 3.05) is 0 Å². The van der Waals surface area contributed by atoms with E-state index in [1.807, 2.05) is 0 Å². The van der Waals surface area contributed by atoms with Crippen LogP contribution in [-0.2, 0) is 4.57 Å². The van der Waals surface area contributed by atoms with E-state index in [-0.39, 0.29) is 17.1 Å². The van der Waals surface area contributed by atoms with Gasteiger partial charge in [0.15, 0.2) is 0 Å². The zero-order chi connectivity index (χ0) is 4.50. The first-order valence-electron chi connectivity index (χ1n) is 0.957. The third-order valence-corrected chi connectivity index (χ3v) is 0. The Balaban J connectivity index is 0. The second-order valence-corrected chi connectivity index (χ2v) is 2.29. The smallest absolute Gasteiger partial charge is 0.271 e. The zero-order valence-electron chi connectivity index (χ0n) is 3.00. The Morgan fingerprint density at radius 2 is 1.17 bits per heavy atom. The summed E-state index contributed by atoms with van der Waals surface area (Å²) in [7, 11) is -3.14. The van der Waals surface area contributed by atoms with Gasteiger partial charge in [-0.05, 0) is 0 Å². The van der Waals surface area contributed by atoms with Gasteiger partial charge < -0.3 is 0 Å². The van der Waals surface area contributed by atoms with Crippen LogP contribution in [0.25, 0.3) is 0 Å². The van der Waals surface area contributed by atoms with Crippen LogP contribution in [0.1, 0.15) is 0 Å². The van der Waals surface area contributed by atoms with Gasteiger partial charge in [0.1, 0.15) is 0 Å². The van der Waals surface area contributed by atoms with Crippen LogP contribution in [0.4, 0.5) is 0 Å². The van der Waals surface area contributed by atoms with Gasteiger partial charge in [0.05, 0.1) is 0 Å². The summed E-state index contributed by atoms with van der Waals surface area (Å²) in [5.74, 6) is 0. The van der Waals surface area contributed by atoms with Crippen LogP contribution in [0.3, 0.4) is 0 Å². The molecule has 0 atom stereocenters. The molecule has 0 saturated carbocycles. The van der Waals surface area contributed by atoms with E-state index in [9.17, 15) is 4.57 Å². The van der Waals surface area contributed by atoms with E-state index in [2.05, 4.69) is 16.5 Å². The number of hydrogen-bond donors (Lipinski definition) is 3. The topological polar surface area (TPSA) is 95.1 Å². The Bertz CT molecular complexity index is 56.9. The molecule has 0 aliphatic rings. The van der Waals surface area contributed by atoms with E-state index in [1.165, 1.54) is 0 Å². The van der Waals surface area contributed by atoms with Crippen molar-refractivity contribution < 1.29 is 4.57 Å².